The molecule has 1 fully saturated rings. The number of hydrogen-bond donors (Lipinski definition) is 2. The van der Waals surface area contributed by atoms with Gasteiger partial charge in [-0.25, -0.2) is 4.72 Å². The van der Waals surface area contributed by atoms with Gasteiger partial charge in [-0.2, -0.15) is 0 Å². The van der Waals surface area contributed by atoms with Crippen LogP contribution in [0.5, 0.6) is 0 Å². The quantitative estimate of drug-likeness (QED) is 0.552. The molecular formula is C18H17BrN2O3S. The Kier molecular flexibility index (Phi) is 6.12. The van der Waals surface area contributed by atoms with Gasteiger partial charge < -0.3 is 10.1 Å². The van der Waals surface area contributed by atoms with Crippen molar-refractivity contribution in [2.24, 2.45) is 0 Å². The fourth-order valence-electron chi connectivity index (χ4n) is 2.37. The topological polar surface area (TPSA) is 67.4 Å². The summed E-state index contributed by atoms with van der Waals surface area (Å²) in [5.74, 6) is -0.275. The van der Waals surface area contributed by atoms with Crippen LogP contribution in [-0.4, -0.2) is 24.5 Å². The summed E-state index contributed by atoms with van der Waals surface area (Å²) in [6.45, 7) is 0.472. The first-order chi connectivity index (χ1) is 12.1. The molecule has 1 heterocycles. The largest absolute Gasteiger partial charge is 0.464 e. The number of ether oxygens (including phenoxy) is 1. The van der Waals surface area contributed by atoms with Crippen LogP contribution in [0.15, 0.2) is 57.9 Å². The Morgan fingerprint density at radius 3 is 2.64 bits per heavy atom. The number of halogens is 1. The molecule has 0 spiro atoms. The van der Waals surface area contributed by atoms with Gasteiger partial charge in [0.15, 0.2) is 0 Å². The number of carbonyl (C=O) groups is 2. The normalized spacial score (nSPS) is 16.5. The molecule has 7 heteroatoms. The summed E-state index contributed by atoms with van der Waals surface area (Å²) in [4.78, 5) is 24.5. The highest BCUT2D eigenvalue weighted by molar-refractivity contribution is 9.10. The zero-order valence-corrected chi connectivity index (χ0v) is 15.7. The second-order valence-corrected chi connectivity index (χ2v) is 7.33. The van der Waals surface area contributed by atoms with Gasteiger partial charge in [-0.1, -0.05) is 34.1 Å². The van der Waals surface area contributed by atoms with E-state index in [1.54, 1.807) is 0 Å². The van der Waals surface area contributed by atoms with Gasteiger partial charge in [0.1, 0.15) is 6.04 Å². The van der Waals surface area contributed by atoms with Crippen LogP contribution in [0, 0.1) is 0 Å². The van der Waals surface area contributed by atoms with E-state index < -0.39 is 0 Å². The summed E-state index contributed by atoms with van der Waals surface area (Å²) in [6, 6.07) is 14.9. The number of esters is 1. The average Bonchev–Trinajstić information content (AvgIpc) is 3.01. The van der Waals surface area contributed by atoms with E-state index in [-0.39, 0.29) is 17.9 Å². The monoisotopic (exact) mass is 420 g/mol. The first kappa shape index (κ1) is 18.0. The minimum atomic E-state index is -0.256. The van der Waals surface area contributed by atoms with Crippen molar-refractivity contribution in [2.75, 3.05) is 11.9 Å². The summed E-state index contributed by atoms with van der Waals surface area (Å²) in [7, 11) is 0. The molecule has 1 atom stereocenters. The molecule has 1 amide bonds. The Hall–Kier alpha value is -1.83. The molecule has 2 N–H and O–H groups in total. The molecule has 1 aliphatic rings. The number of cyclic esters (lactones) is 1. The van der Waals surface area contributed by atoms with Gasteiger partial charge in [0.05, 0.1) is 13.0 Å². The predicted molar refractivity (Wildman–Crippen MR) is 101 cm³/mol. The van der Waals surface area contributed by atoms with Crippen LogP contribution in [0.25, 0.3) is 0 Å². The summed E-state index contributed by atoms with van der Waals surface area (Å²) in [5.41, 5.74) is 1.68. The highest BCUT2D eigenvalue weighted by Crippen LogP contribution is 2.21. The average molecular weight is 421 g/mol. The highest BCUT2D eigenvalue weighted by atomic mass is 79.9. The van der Waals surface area contributed by atoms with E-state index >= 15 is 0 Å². The van der Waals surface area contributed by atoms with Gasteiger partial charge in [0.2, 0.25) is 5.91 Å². The zero-order valence-electron chi connectivity index (χ0n) is 13.3. The molecule has 130 valence electrons. The third kappa shape index (κ3) is 5.07. The fourth-order valence-corrected chi connectivity index (χ4v) is 3.56. The first-order valence-corrected chi connectivity index (χ1v) is 9.45. The molecule has 5 nitrogen and oxygen atoms in total. The smallest absolute Gasteiger partial charge is 0.324 e. The third-order valence-corrected chi connectivity index (χ3v) is 5.39. The maximum absolute atomic E-state index is 12.2. The highest BCUT2D eigenvalue weighted by Gasteiger charge is 2.26. The third-order valence-electron chi connectivity index (χ3n) is 3.70. The van der Waals surface area contributed by atoms with Crippen molar-refractivity contribution in [3.05, 3.63) is 58.6 Å². The number of anilines is 1. The maximum atomic E-state index is 12.2. The van der Waals surface area contributed by atoms with Gasteiger partial charge in [0.25, 0.3) is 0 Å². The van der Waals surface area contributed by atoms with E-state index in [9.17, 15) is 9.59 Å². The number of amides is 1. The lowest BCUT2D eigenvalue weighted by Crippen LogP contribution is -2.27. The lowest BCUT2D eigenvalue weighted by molar-refractivity contribution is -0.139. The van der Waals surface area contributed by atoms with Gasteiger partial charge in [-0.05, 0) is 47.8 Å². The van der Waals surface area contributed by atoms with E-state index in [0.29, 0.717) is 19.4 Å². The predicted octanol–water partition coefficient (Wildman–Crippen LogP) is 3.54. The number of benzene rings is 2. The second kappa shape index (κ2) is 8.51. The van der Waals surface area contributed by atoms with E-state index in [0.717, 1.165) is 20.6 Å². The SMILES string of the molecule is O=C(Cc1ccccc1Br)Nc1ccc(SNC2CCOC2=O)cc1. The second-order valence-electron chi connectivity index (χ2n) is 5.57. The first-order valence-electron chi connectivity index (χ1n) is 7.84. The van der Waals surface area contributed by atoms with E-state index in [2.05, 4.69) is 26.0 Å². The molecule has 25 heavy (non-hydrogen) atoms. The molecule has 2 aromatic rings. The molecule has 2 aromatic carbocycles. The van der Waals surface area contributed by atoms with Gasteiger partial charge in [0, 0.05) is 21.5 Å². The molecular weight excluding hydrogens is 404 g/mol. The summed E-state index contributed by atoms with van der Waals surface area (Å²) >= 11 is 4.83. The zero-order chi connectivity index (χ0) is 17.6. The minimum absolute atomic E-state index is 0.0703. The molecule has 0 radical (unpaired) electrons. The van der Waals surface area contributed by atoms with Crippen molar-refractivity contribution in [2.45, 2.75) is 23.8 Å². The Labute approximate surface area is 158 Å². The molecule has 1 unspecified atom stereocenters. The molecule has 1 saturated heterocycles. The van der Waals surface area contributed by atoms with Gasteiger partial charge in [-0.15, -0.1) is 0 Å². The molecule has 0 saturated carbocycles. The minimum Gasteiger partial charge on any atom is -0.464 e. The summed E-state index contributed by atoms with van der Waals surface area (Å²) in [5, 5.41) is 2.89. The molecule has 3 rings (SSSR count). The van der Waals surface area contributed by atoms with Crippen molar-refractivity contribution in [3.63, 3.8) is 0 Å². The molecule has 0 aliphatic carbocycles. The number of rotatable bonds is 6. The van der Waals surface area contributed by atoms with E-state index in [1.807, 2.05) is 48.5 Å². The molecule has 0 bridgehead atoms. The Morgan fingerprint density at radius 1 is 1.20 bits per heavy atom. The Bertz CT molecular complexity index is 767. The van der Waals surface area contributed by atoms with Crippen LogP contribution in [0.3, 0.4) is 0 Å². The van der Waals surface area contributed by atoms with E-state index in [4.69, 9.17) is 4.74 Å². The van der Waals surface area contributed by atoms with Crippen LogP contribution < -0.4 is 10.0 Å². The Morgan fingerprint density at radius 2 is 1.96 bits per heavy atom. The number of hydrogen-bond acceptors (Lipinski definition) is 5. The lowest BCUT2D eigenvalue weighted by Gasteiger charge is -2.09. The fraction of sp³-hybridized carbons (Fsp3) is 0.222. The Balaban J connectivity index is 1.51. The van der Waals surface area contributed by atoms with Crippen molar-refractivity contribution >= 4 is 45.4 Å². The number of carbonyl (C=O) groups excluding carboxylic acids is 2. The molecule has 1 aliphatic heterocycles. The van der Waals surface area contributed by atoms with Crippen LogP contribution in [-0.2, 0) is 20.7 Å². The van der Waals surface area contributed by atoms with Gasteiger partial charge in [-0.3, -0.25) is 9.59 Å². The van der Waals surface area contributed by atoms with Crippen LogP contribution in [0.2, 0.25) is 0 Å². The van der Waals surface area contributed by atoms with Crippen molar-refractivity contribution in [3.8, 4) is 0 Å². The van der Waals surface area contributed by atoms with E-state index in [1.165, 1.54) is 11.9 Å². The lowest BCUT2D eigenvalue weighted by atomic mass is 10.1. The number of nitrogens with one attached hydrogen (secondary N) is 2. The van der Waals surface area contributed by atoms with Crippen LogP contribution in [0.1, 0.15) is 12.0 Å². The van der Waals surface area contributed by atoms with Crippen LogP contribution in [0.4, 0.5) is 5.69 Å². The van der Waals surface area contributed by atoms with Gasteiger partial charge >= 0.3 is 5.97 Å². The maximum Gasteiger partial charge on any atom is 0.324 e. The van der Waals surface area contributed by atoms with Crippen molar-refractivity contribution in [1.82, 2.24) is 4.72 Å². The summed E-state index contributed by atoms with van der Waals surface area (Å²) < 4.78 is 8.93. The van der Waals surface area contributed by atoms with Crippen molar-refractivity contribution in [1.29, 1.82) is 0 Å². The standard InChI is InChI=1S/C18H17BrN2O3S/c19-15-4-2-1-3-12(15)11-17(22)20-13-5-7-14(8-6-13)25-21-16-9-10-24-18(16)23/h1-8,16,21H,9-11H2,(H,20,22). The molecule has 0 aromatic heterocycles. The summed E-state index contributed by atoms with van der Waals surface area (Å²) in [6.07, 6.45) is 0.998. The van der Waals surface area contributed by atoms with Crippen LogP contribution >= 0.6 is 27.9 Å². The van der Waals surface area contributed by atoms with Crippen molar-refractivity contribution < 1.29 is 14.3 Å².